The van der Waals surface area contributed by atoms with Crippen LogP contribution in [0, 0.1) is 5.92 Å². The van der Waals surface area contributed by atoms with E-state index in [0.29, 0.717) is 11.7 Å². The number of carbonyl (C=O) groups is 2. The van der Waals surface area contributed by atoms with Gasteiger partial charge in [-0.2, -0.15) is 0 Å². The summed E-state index contributed by atoms with van der Waals surface area (Å²) in [6, 6.07) is 23.0. The van der Waals surface area contributed by atoms with E-state index in [-0.39, 0.29) is 17.7 Å². The van der Waals surface area contributed by atoms with Gasteiger partial charge in [0, 0.05) is 16.5 Å². The molecule has 4 aromatic rings. The third kappa shape index (κ3) is 5.83. The summed E-state index contributed by atoms with van der Waals surface area (Å²) in [5.74, 6) is 0.825. The number of thiazole rings is 1. The molecule has 0 aliphatic heterocycles. The van der Waals surface area contributed by atoms with Gasteiger partial charge in [0.15, 0.2) is 5.13 Å². The van der Waals surface area contributed by atoms with Crippen LogP contribution < -0.4 is 15.4 Å². The van der Waals surface area contributed by atoms with Crippen molar-refractivity contribution in [2.24, 2.45) is 5.92 Å². The highest BCUT2D eigenvalue weighted by Crippen LogP contribution is 2.38. The zero-order valence-corrected chi connectivity index (χ0v) is 20.8. The second kappa shape index (κ2) is 10.5. The van der Waals surface area contributed by atoms with Crippen LogP contribution in [-0.2, 0) is 9.59 Å². The van der Waals surface area contributed by atoms with E-state index < -0.39 is 5.25 Å². The summed E-state index contributed by atoms with van der Waals surface area (Å²) in [6.07, 6.45) is 1.91. The second-order valence-corrected chi connectivity index (χ2v) is 10.5. The number of nitrogens with one attached hydrogen (secondary N) is 2. The molecule has 1 aliphatic rings. The molecule has 35 heavy (non-hydrogen) atoms. The highest BCUT2D eigenvalue weighted by atomic mass is 32.2. The molecule has 3 aromatic carbocycles. The lowest BCUT2D eigenvalue weighted by atomic mass is 10.1. The molecule has 1 aromatic heterocycles. The summed E-state index contributed by atoms with van der Waals surface area (Å²) in [6.45, 7) is 2.54. The van der Waals surface area contributed by atoms with E-state index >= 15 is 0 Å². The average Bonchev–Trinajstić information content (AvgIpc) is 3.64. The Hall–Kier alpha value is -3.36. The van der Waals surface area contributed by atoms with E-state index in [1.807, 2.05) is 79.7 Å². The highest BCUT2D eigenvalue weighted by molar-refractivity contribution is 8.00. The summed E-state index contributed by atoms with van der Waals surface area (Å²) >= 11 is 2.87. The molecule has 0 radical (unpaired) electrons. The SMILES string of the molecule is CCOc1ccc2nc(NC(=O)C(Sc3cccc(NC(=O)C4CC4)c3)c3ccccc3)sc2c1. The Morgan fingerprint density at radius 3 is 2.66 bits per heavy atom. The molecule has 1 saturated carbocycles. The second-order valence-electron chi connectivity index (χ2n) is 8.27. The van der Waals surface area contributed by atoms with Crippen molar-refractivity contribution in [3.05, 3.63) is 78.4 Å². The third-order valence-electron chi connectivity index (χ3n) is 5.55. The smallest absolute Gasteiger partial charge is 0.244 e. The van der Waals surface area contributed by atoms with Gasteiger partial charge >= 0.3 is 0 Å². The van der Waals surface area contributed by atoms with Gasteiger partial charge in [-0.3, -0.25) is 9.59 Å². The van der Waals surface area contributed by atoms with E-state index in [2.05, 4.69) is 15.6 Å². The van der Waals surface area contributed by atoms with Gasteiger partial charge < -0.3 is 15.4 Å². The lowest BCUT2D eigenvalue weighted by Crippen LogP contribution is -2.19. The lowest BCUT2D eigenvalue weighted by Gasteiger charge is -2.17. The van der Waals surface area contributed by atoms with Gasteiger partial charge in [0.2, 0.25) is 11.8 Å². The molecular formula is C27H25N3O3S2. The first-order valence-electron chi connectivity index (χ1n) is 11.6. The maximum atomic E-state index is 13.5. The molecule has 178 valence electrons. The predicted octanol–water partition coefficient (Wildman–Crippen LogP) is 6.52. The Morgan fingerprint density at radius 2 is 1.89 bits per heavy atom. The van der Waals surface area contributed by atoms with Gasteiger partial charge in [0.25, 0.3) is 0 Å². The van der Waals surface area contributed by atoms with Crippen molar-refractivity contribution in [3.8, 4) is 5.75 Å². The molecule has 1 aliphatic carbocycles. The van der Waals surface area contributed by atoms with Crippen molar-refractivity contribution < 1.29 is 14.3 Å². The Morgan fingerprint density at radius 1 is 1.06 bits per heavy atom. The number of benzene rings is 3. The molecule has 2 N–H and O–H groups in total. The van der Waals surface area contributed by atoms with Crippen LogP contribution in [0.1, 0.15) is 30.6 Å². The van der Waals surface area contributed by atoms with Crippen LogP contribution >= 0.6 is 23.1 Å². The molecule has 6 nitrogen and oxygen atoms in total. The van der Waals surface area contributed by atoms with Gasteiger partial charge in [0.1, 0.15) is 11.0 Å². The molecule has 0 saturated heterocycles. The highest BCUT2D eigenvalue weighted by Gasteiger charge is 2.29. The Kier molecular flexibility index (Phi) is 7.01. The van der Waals surface area contributed by atoms with Crippen LogP contribution in [0.4, 0.5) is 10.8 Å². The lowest BCUT2D eigenvalue weighted by molar-refractivity contribution is -0.117. The number of aromatic nitrogens is 1. The summed E-state index contributed by atoms with van der Waals surface area (Å²) in [5.41, 5.74) is 2.45. The first kappa shape index (κ1) is 23.4. The van der Waals surface area contributed by atoms with Crippen LogP contribution in [-0.4, -0.2) is 23.4 Å². The summed E-state index contributed by atoms with van der Waals surface area (Å²) in [5, 5.41) is 6.05. The number of anilines is 2. The summed E-state index contributed by atoms with van der Waals surface area (Å²) < 4.78 is 6.53. The molecule has 5 rings (SSSR count). The molecule has 1 heterocycles. The molecule has 8 heteroatoms. The minimum atomic E-state index is -0.489. The number of hydrogen-bond donors (Lipinski definition) is 2. The quantitative estimate of drug-likeness (QED) is 0.254. The Balaban J connectivity index is 1.36. The van der Waals surface area contributed by atoms with E-state index in [9.17, 15) is 9.59 Å². The van der Waals surface area contributed by atoms with Gasteiger partial charge in [0.05, 0.1) is 16.8 Å². The van der Waals surface area contributed by atoms with E-state index in [1.165, 1.54) is 23.1 Å². The number of fused-ring (bicyclic) bond motifs is 1. The molecular weight excluding hydrogens is 478 g/mol. The molecule has 2 amide bonds. The largest absolute Gasteiger partial charge is 0.494 e. The molecule has 0 spiro atoms. The van der Waals surface area contributed by atoms with Crippen molar-refractivity contribution in [1.29, 1.82) is 0 Å². The Labute approximate surface area is 212 Å². The molecule has 1 atom stereocenters. The average molecular weight is 504 g/mol. The fourth-order valence-corrected chi connectivity index (χ4v) is 5.64. The zero-order valence-electron chi connectivity index (χ0n) is 19.2. The van der Waals surface area contributed by atoms with Crippen molar-refractivity contribution in [2.75, 3.05) is 17.2 Å². The number of thioether (sulfide) groups is 1. The molecule has 1 fully saturated rings. The number of carbonyl (C=O) groups excluding carboxylic acids is 2. The number of amides is 2. The zero-order chi connectivity index (χ0) is 24.2. The first-order chi connectivity index (χ1) is 17.1. The maximum absolute atomic E-state index is 13.5. The summed E-state index contributed by atoms with van der Waals surface area (Å²) in [7, 11) is 0. The minimum absolute atomic E-state index is 0.0628. The fraction of sp³-hybridized carbons (Fsp3) is 0.222. The van der Waals surface area contributed by atoms with E-state index in [1.54, 1.807) is 0 Å². The fourth-order valence-electron chi connectivity index (χ4n) is 3.66. The number of ether oxygens (including phenoxy) is 1. The van der Waals surface area contributed by atoms with Gasteiger partial charge in [-0.1, -0.05) is 47.7 Å². The van der Waals surface area contributed by atoms with Crippen molar-refractivity contribution in [2.45, 2.75) is 29.9 Å². The van der Waals surface area contributed by atoms with Crippen molar-refractivity contribution in [3.63, 3.8) is 0 Å². The number of rotatable bonds is 9. The van der Waals surface area contributed by atoms with Crippen LogP contribution in [0.15, 0.2) is 77.7 Å². The molecule has 0 bridgehead atoms. The van der Waals surface area contributed by atoms with Gasteiger partial charge in [-0.15, -0.1) is 11.8 Å². The van der Waals surface area contributed by atoms with E-state index in [0.717, 1.165) is 45.0 Å². The monoisotopic (exact) mass is 503 g/mol. The topological polar surface area (TPSA) is 80.3 Å². The predicted molar refractivity (Wildman–Crippen MR) is 142 cm³/mol. The van der Waals surface area contributed by atoms with Crippen LogP contribution in [0.5, 0.6) is 5.75 Å². The number of hydrogen-bond acceptors (Lipinski definition) is 6. The normalized spacial score (nSPS) is 13.9. The van der Waals surface area contributed by atoms with Crippen LogP contribution in [0.25, 0.3) is 10.2 Å². The van der Waals surface area contributed by atoms with Gasteiger partial charge in [-0.05, 0) is 61.7 Å². The van der Waals surface area contributed by atoms with Crippen molar-refractivity contribution >= 4 is 55.9 Å². The summed E-state index contributed by atoms with van der Waals surface area (Å²) in [4.78, 5) is 31.1. The number of nitrogens with zero attached hydrogens (tertiary/aromatic N) is 1. The maximum Gasteiger partial charge on any atom is 0.244 e. The van der Waals surface area contributed by atoms with E-state index in [4.69, 9.17) is 4.74 Å². The van der Waals surface area contributed by atoms with Crippen LogP contribution in [0.2, 0.25) is 0 Å². The third-order valence-corrected chi connectivity index (χ3v) is 7.73. The Bertz CT molecular complexity index is 1350. The minimum Gasteiger partial charge on any atom is -0.494 e. The first-order valence-corrected chi connectivity index (χ1v) is 13.3. The van der Waals surface area contributed by atoms with Crippen LogP contribution in [0.3, 0.4) is 0 Å². The van der Waals surface area contributed by atoms with Crippen molar-refractivity contribution in [1.82, 2.24) is 4.98 Å². The molecule has 1 unspecified atom stereocenters. The van der Waals surface area contributed by atoms with Gasteiger partial charge in [-0.25, -0.2) is 4.98 Å². The standard InChI is InChI=1S/C27H25N3O3S2/c1-2-33-20-13-14-22-23(16-20)35-27(29-22)30-26(32)24(17-7-4-3-5-8-17)34-21-10-6-9-19(15-21)28-25(31)18-11-12-18/h3-10,13-16,18,24H,2,11-12H2,1H3,(H,28,31)(H,29,30,32).